The number of aromatic nitrogens is 3. The molecule has 1 aromatic heterocycles. The molecule has 2 N–H and O–H groups in total. The van der Waals surface area contributed by atoms with Crippen LogP contribution in [0.15, 0.2) is 0 Å². The van der Waals surface area contributed by atoms with Crippen molar-refractivity contribution in [2.45, 2.75) is 18.9 Å². The van der Waals surface area contributed by atoms with Crippen molar-refractivity contribution in [3.05, 3.63) is 11.4 Å². The van der Waals surface area contributed by atoms with Crippen molar-refractivity contribution < 1.29 is 0 Å². The number of aromatic amines is 1. The van der Waals surface area contributed by atoms with Crippen LogP contribution in [0.3, 0.4) is 0 Å². The number of nitrogens with one attached hydrogen (secondary N) is 2. The van der Waals surface area contributed by atoms with Crippen molar-refractivity contribution in [3.63, 3.8) is 0 Å². The maximum atomic E-state index is 4.05. The first-order valence-electron chi connectivity index (χ1n) is 3.48. The topological polar surface area (TPSA) is 53.6 Å². The molecule has 0 fully saturated rings. The average Bonchev–Trinajstić information content (AvgIpc) is 2.44. The number of hydrogen-bond donors (Lipinski definition) is 2. The second-order valence-corrected chi connectivity index (χ2v) is 2.54. The molecule has 0 aromatic carbocycles. The number of aryl methyl sites for hydroxylation is 1. The summed E-state index contributed by atoms with van der Waals surface area (Å²) in [5, 5.41) is 13.9. The van der Waals surface area contributed by atoms with Crippen LogP contribution in [0.2, 0.25) is 0 Å². The van der Waals surface area contributed by atoms with Gasteiger partial charge in [-0.2, -0.15) is 15.4 Å². The van der Waals surface area contributed by atoms with Crippen molar-refractivity contribution in [1.82, 2.24) is 20.7 Å². The van der Waals surface area contributed by atoms with Crippen molar-refractivity contribution >= 4 is 0 Å². The molecule has 1 aliphatic rings. The van der Waals surface area contributed by atoms with Gasteiger partial charge in [0.2, 0.25) is 0 Å². The Balaban J connectivity index is 2.34. The Morgan fingerprint density at radius 1 is 1.60 bits per heavy atom. The molecule has 1 unspecified atom stereocenters. The van der Waals surface area contributed by atoms with E-state index in [4.69, 9.17) is 0 Å². The van der Waals surface area contributed by atoms with Crippen molar-refractivity contribution in [2.75, 3.05) is 7.05 Å². The molecule has 0 amide bonds. The zero-order chi connectivity index (χ0) is 6.97. The second-order valence-electron chi connectivity index (χ2n) is 2.54. The Morgan fingerprint density at radius 3 is 3.30 bits per heavy atom. The van der Waals surface area contributed by atoms with E-state index in [1.165, 1.54) is 0 Å². The SMILES string of the molecule is CNC1CCc2n[nH]nc21. The average molecular weight is 138 g/mol. The first kappa shape index (κ1) is 5.85. The summed E-state index contributed by atoms with van der Waals surface area (Å²) >= 11 is 0. The third-order valence-electron chi connectivity index (χ3n) is 2.00. The molecule has 10 heavy (non-hydrogen) atoms. The molecule has 4 heteroatoms. The van der Waals surface area contributed by atoms with Crippen molar-refractivity contribution in [2.24, 2.45) is 0 Å². The van der Waals surface area contributed by atoms with Gasteiger partial charge < -0.3 is 5.32 Å². The highest BCUT2D eigenvalue weighted by Crippen LogP contribution is 2.26. The summed E-state index contributed by atoms with van der Waals surface area (Å²) in [6.07, 6.45) is 2.19. The van der Waals surface area contributed by atoms with Gasteiger partial charge in [-0.15, -0.1) is 0 Å². The predicted octanol–water partition coefficient (Wildman–Crippen LogP) is 0.0114. The van der Waals surface area contributed by atoms with Crippen LogP contribution in [0, 0.1) is 0 Å². The van der Waals surface area contributed by atoms with Crippen LogP contribution in [-0.2, 0) is 6.42 Å². The minimum absolute atomic E-state index is 0.425. The molecule has 0 aliphatic heterocycles. The smallest absolute Gasteiger partial charge is 0.103 e. The molecule has 0 bridgehead atoms. The van der Waals surface area contributed by atoms with Crippen LogP contribution < -0.4 is 5.32 Å². The van der Waals surface area contributed by atoms with Crippen LogP contribution in [0.1, 0.15) is 23.9 Å². The van der Waals surface area contributed by atoms with E-state index in [0.29, 0.717) is 6.04 Å². The zero-order valence-corrected chi connectivity index (χ0v) is 5.89. The summed E-state index contributed by atoms with van der Waals surface area (Å²) in [7, 11) is 1.95. The summed E-state index contributed by atoms with van der Waals surface area (Å²) in [5.74, 6) is 0. The molecule has 0 saturated carbocycles. The van der Waals surface area contributed by atoms with Gasteiger partial charge >= 0.3 is 0 Å². The third-order valence-corrected chi connectivity index (χ3v) is 2.00. The minimum Gasteiger partial charge on any atom is -0.312 e. The van der Waals surface area contributed by atoms with E-state index < -0.39 is 0 Å². The van der Waals surface area contributed by atoms with E-state index in [2.05, 4.69) is 20.7 Å². The normalized spacial score (nSPS) is 23.1. The van der Waals surface area contributed by atoms with Gasteiger partial charge in [0.25, 0.3) is 0 Å². The summed E-state index contributed by atoms with van der Waals surface area (Å²) in [5.41, 5.74) is 2.22. The molecular weight excluding hydrogens is 128 g/mol. The quantitative estimate of drug-likeness (QED) is 0.575. The molecule has 1 aliphatic carbocycles. The van der Waals surface area contributed by atoms with Gasteiger partial charge in [-0.05, 0) is 19.9 Å². The van der Waals surface area contributed by atoms with E-state index in [1.807, 2.05) is 7.05 Å². The van der Waals surface area contributed by atoms with Gasteiger partial charge in [-0.3, -0.25) is 0 Å². The Morgan fingerprint density at radius 2 is 2.50 bits per heavy atom. The number of fused-ring (bicyclic) bond motifs is 1. The molecule has 1 aromatic rings. The van der Waals surface area contributed by atoms with Gasteiger partial charge in [0.15, 0.2) is 0 Å². The molecule has 2 rings (SSSR count). The fourth-order valence-corrected chi connectivity index (χ4v) is 1.42. The number of rotatable bonds is 1. The lowest BCUT2D eigenvalue weighted by Crippen LogP contribution is -2.13. The van der Waals surface area contributed by atoms with Gasteiger partial charge in [0.1, 0.15) is 5.69 Å². The first-order valence-corrected chi connectivity index (χ1v) is 3.48. The number of nitrogens with zero attached hydrogens (tertiary/aromatic N) is 2. The largest absolute Gasteiger partial charge is 0.312 e. The Hall–Kier alpha value is -0.900. The van der Waals surface area contributed by atoms with Crippen LogP contribution in [0.4, 0.5) is 0 Å². The molecule has 54 valence electrons. The molecule has 4 nitrogen and oxygen atoms in total. The van der Waals surface area contributed by atoms with Crippen molar-refractivity contribution in [3.8, 4) is 0 Å². The highest BCUT2D eigenvalue weighted by Gasteiger charge is 2.24. The maximum absolute atomic E-state index is 4.05. The van der Waals surface area contributed by atoms with Crippen LogP contribution in [-0.4, -0.2) is 22.5 Å². The van der Waals surface area contributed by atoms with Gasteiger partial charge in [-0.1, -0.05) is 0 Å². The predicted molar refractivity (Wildman–Crippen MR) is 36.5 cm³/mol. The van der Waals surface area contributed by atoms with E-state index in [1.54, 1.807) is 0 Å². The highest BCUT2D eigenvalue weighted by molar-refractivity contribution is 5.19. The first-order chi connectivity index (χ1) is 4.92. The fraction of sp³-hybridized carbons (Fsp3) is 0.667. The van der Waals surface area contributed by atoms with Gasteiger partial charge in [0, 0.05) is 0 Å². The summed E-state index contributed by atoms with van der Waals surface area (Å²) in [4.78, 5) is 0. The Bertz CT molecular complexity index is 229. The number of H-pyrrole nitrogens is 1. The monoisotopic (exact) mass is 138 g/mol. The lowest BCUT2D eigenvalue weighted by molar-refractivity contribution is 0.568. The fourth-order valence-electron chi connectivity index (χ4n) is 1.42. The van der Waals surface area contributed by atoms with Crippen LogP contribution in [0.5, 0.6) is 0 Å². The number of hydrogen-bond acceptors (Lipinski definition) is 3. The van der Waals surface area contributed by atoms with E-state index in [9.17, 15) is 0 Å². The molecule has 0 radical (unpaired) electrons. The zero-order valence-electron chi connectivity index (χ0n) is 5.89. The molecule has 1 atom stereocenters. The molecule has 0 spiro atoms. The van der Waals surface area contributed by atoms with Gasteiger partial charge in [-0.25, -0.2) is 0 Å². The van der Waals surface area contributed by atoms with E-state index >= 15 is 0 Å². The summed E-state index contributed by atoms with van der Waals surface area (Å²) in [6, 6.07) is 0.425. The third kappa shape index (κ3) is 0.654. The van der Waals surface area contributed by atoms with Crippen molar-refractivity contribution in [1.29, 1.82) is 0 Å². The Labute approximate surface area is 59.0 Å². The van der Waals surface area contributed by atoms with Crippen LogP contribution in [0.25, 0.3) is 0 Å². The molecule has 0 saturated heterocycles. The van der Waals surface area contributed by atoms with Crippen LogP contribution >= 0.6 is 0 Å². The highest BCUT2D eigenvalue weighted by atomic mass is 15.3. The molecular formula is C6H10N4. The lowest BCUT2D eigenvalue weighted by Gasteiger charge is -2.03. The summed E-state index contributed by atoms with van der Waals surface area (Å²) in [6.45, 7) is 0. The summed E-state index contributed by atoms with van der Waals surface area (Å²) < 4.78 is 0. The second kappa shape index (κ2) is 2.05. The lowest BCUT2D eigenvalue weighted by atomic mass is 10.2. The molecule has 1 heterocycles. The standard InChI is InChI=1S/C6H10N4/c1-7-4-2-3-5-6(4)9-10-8-5/h4,7H,2-3H2,1H3,(H,8,9,10). The van der Waals surface area contributed by atoms with E-state index in [0.717, 1.165) is 24.2 Å². The maximum Gasteiger partial charge on any atom is 0.103 e. The Kier molecular flexibility index (Phi) is 1.20. The minimum atomic E-state index is 0.425. The van der Waals surface area contributed by atoms with E-state index in [-0.39, 0.29) is 0 Å². The van der Waals surface area contributed by atoms with Gasteiger partial charge in [0.05, 0.1) is 11.7 Å².